The van der Waals surface area contributed by atoms with Crippen LogP contribution in [-0.4, -0.2) is 34.8 Å². The van der Waals surface area contributed by atoms with Gasteiger partial charge in [-0.05, 0) is 24.6 Å². The molecule has 2 aliphatic heterocycles. The Hall–Kier alpha value is -2.20. The van der Waals surface area contributed by atoms with Gasteiger partial charge in [0, 0.05) is 25.8 Å². The molecule has 3 heterocycles. The highest BCUT2D eigenvalue weighted by atomic mass is 16.6. The fraction of sp³-hybridized carbons (Fsp3) is 0.333. The minimum atomic E-state index is 0.181. The van der Waals surface area contributed by atoms with Gasteiger partial charge >= 0.3 is 0 Å². The van der Waals surface area contributed by atoms with Crippen molar-refractivity contribution in [2.24, 2.45) is 11.1 Å². The normalized spacial score (nSPS) is 24.0. The van der Waals surface area contributed by atoms with Crippen LogP contribution < -0.4 is 0 Å². The number of fused-ring (bicyclic) bond motifs is 1. The van der Waals surface area contributed by atoms with Gasteiger partial charge in [-0.15, -0.1) is 0 Å². The van der Waals surface area contributed by atoms with E-state index in [1.54, 1.807) is 0 Å². The molecule has 4 nitrogen and oxygen atoms in total. The maximum absolute atomic E-state index is 5.67. The van der Waals surface area contributed by atoms with E-state index in [4.69, 9.17) is 4.84 Å². The third-order valence-corrected chi connectivity index (χ3v) is 4.44. The fourth-order valence-electron chi connectivity index (χ4n) is 3.25. The number of oxime groups is 1. The first-order chi connectivity index (χ1) is 10.8. The Bertz CT molecular complexity index is 681. The van der Waals surface area contributed by atoms with Gasteiger partial charge < -0.3 is 4.84 Å². The van der Waals surface area contributed by atoms with Crippen LogP contribution in [0.15, 0.2) is 53.8 Å². The number of hydrogen-bond acceptors (Lipinski definition) is 4. The molecule has 0 bridgehead atoms. The average Bonchev–Trinajstić information content (AvgIpc) is 3.09. The minimum Gasteiger partial charge on any atom is -0.390 e. The molecule has 0 unspecified atom stereocenters. The predicted molar refractivity (Wildman–Crippen MR) is 85.6 cm³/mol. The molecule has 1 fully saturated rings. The van der Waals surface area contributed by atoms with Crippen molar-refractivity contribution >= 4 is 5.71 Å². The number of aryl methyl sites for hydroxylation is 1. The van der Waals surface area contributed by atoms with Crippen LogP contribution in [0.4, 0.5) is 0 Å². The second kappa shape index (κ2) is 5.54. The highest BCUT2D eigenvalue weighted by Gasteiger charge is 2.42. The van der Waals surface area contributed by atoms with Crippen LogP contribution in [0.3, 0.4) is 0 Å². The van der Waals surface area contributed by atoms with Crippen molar-refractivity contribution in [3.05, 3.63) is 65.5 Å². The van der Waals surface area contributed by atoms with Gasteiger partial charge in [-0.3, -0.25) is 9.88 Å². The van der Waals surface area contributed by atoms with Crippen molar-refractivity contribution in [1.82, 2.24) is 9.88 Å². The lowest BCUT2D eigenvalue weighted by molar-refractivity contribution is 0.0744. The fourth-order valence-corrected chi connectivity index (χ4v) is 3.25. The third kappa shape index (κ3) is 2.50. The molecular formula is C18H19N3O. The van der Waals surface area contributed by atoms with Gasteiger partial charge in [-0.2, -0.15) is 0 Å². The molecule has 1 aromatic heterocycles. The Morgan fingerprint density at radius 3 is 2.77 bits per heavy atom. The number of nitrogens with zero attached hydrogens (tertiary/aromatic N) is 3. The molecule has 2 aliphatic rings. The molecule has 0 saturated carbocycles. The highest BCUT2D eigenvalue weighted by molar-refractivity contribution is 6.03. The lowest BCUT2D eigenvalue weighted by atomic mass is 9.94. The SMILES string of the molecule is Cc1ccc(C2=NO[C@H]3CN(Cc4ccccn4)C[C@@H]23)cc1. The van der Waals surface area contributed by atoms with Crippen molar-refractivity contribution in [3.8, 4) is 0 Å². The Balaban J connectivity index is 1.48. The van der Waals surface area contributed by atoms with Crippen LogP contribution in [0.2, 0.25) is 0 Å². The maximum Gasteiger partial charge on any atom is 0.149 e. The van der Waals surface area contributed by atoms with Crippen molar-refractivity contribution < 1.29 is 4.84 Å². The zero-order chi connectivity index (χ0) is 14.9. The minimum absolute atomic E-state index is 0.181. The Labute approximate surface area is 130 Å². The number of rotatable bonds is 3. The predicted octanol–water partition coefficient (Wildman–Crippen LogP) is 2.62. The van der Waals surface area contributed by atoms with Crippen LogP contribution in [-0.2, 0) is 11.4 Å². The molecule has 2 aromatic rings. The van der Waals surface area contributed by atoms with Crippen molar-refractivity contribution in [2.75, 3.05) is 13.1 Å². The monoisotopic (exact) mass is 293 g/mol. The van der Waals surface area contributed by atoms with E-state index in [0.717, 1.165) is 31.0 Å². The summed E-state index contributed by atoms with van der Waals surface area (Å²) < 4.78 is 0. The van der Waals surface area contributed by atoms with Crippen molar-refractivity contribution in [3.63, 3.8) is 0 Å². The summed E-state index contributed by atoms with van der Waals surface area (Å²) in [6.45, 7) is 4.87. The van der Waals surface area contributed by atoms with E-state index in [9.17, 15) is 0 Å². The molecule has 0 N–H and O–H groups in total. The quantitative estimate of drug-likeness (QED) is 0.873. The molecule has 4 rings (SSSR count). The van der Waals surface area contributed by atoms with Gasteiger partial charge in [0.2, 0.25) is 0 Å². The highest BCUT2D eigenvalue weighted by Crippen LogP contribution is 2.30. The first kappa shape index (κ1) is 13.5. The number of benzene rings is 1. The number of likely N-dealkylation sites (tertiary alicyclic amines) is 1. The zero-order valence-corrected chi connectivity index (χ0v) is 12.6. The standard InChI is InChI=1S/C18H19N3O/c1-13-5-7-14(8-6-13)18-16-11-21(12-17(16)22-20-18)10-15-4-2-3-9-19-15/h2-9,16-17H,10-12H2,1H3/t16-,17+/m1/s1. The summed E-state index contributed by atoms with van der Waals surface area (Å²) in [7, 11) is 0. The molecule has 1 aromatic carbocycles. The lowest BCUT2D eigenvalue weighted by Gasteiger charge is -2.15. The molecule has 0 aliphatic carbocycles. The molecule has 0 amide bonds. The van der Waals surface area contributed by atoms with Crippen LogP contribution in [0.1, 0.15) is 16.8 Å². The topological polar surface area (TPSA) is 37.7 Å². The van der Waals surface area contributed by atoms with E-state index >= 15 is 0 Å². The van der Waals surface area contributed by atoms with E-state index in [-0.39, 0.29) is 6.10 Å². The van der Waals surface area contributed by atoms with Gasteiger partial charge in [-0.25, -0.2) is 0 Å². The van der Waals surface area contributed by atoms with E-state index < -0.39 is 0 Å². The lowest BCUT2D eigenvalue weighted by Crippen LogP contribution is -2.23. The Morgan fingerprint density at radius 2 is 2.00 bits per heavy atom. The van der Waals surface area contributed by atoms with Crippen molar-refractivity contribution in [2.45, 2.75) is 19.6 Å². The van der Waals surface area contributed by atoms with Crippen LogP contribution >= 0.6 is 0 Å². The average molecular weight is 293 g/mol. The first-order valence-corrected chi connectivity index (χ1v) is 7.72. The molecule has 0 spiro atoms. The van der Waals surface area contributed by atoms with Crippen LogP contribution in [0.25, 0.3) is 0 Å². The van der Waals surface area contributed by atoms with Gasteiger partial charge in [0.1, 0.15) is 6.10 Å². The summed E-state index contributed by atoms with van der Waals surface area (Å²) in [4.78, 5) is 12.5. The van der Waals surface area contributed by atoms with Crippen LogP contribution in [0, 0.1) is 12.8 Å². The van der Waals surface area contributed by atoms with Gasteiger partial charge in [0.25, 0.3) is 0 Å². The molecule has 0 radical (unpaired) electrons. The maximum atomic E-state index is 5.67. The number of pyridine rings is 1. The number of hydrogen-bond donors (Lipinski definition) is 0. The Kier molecular flexibility index (Phi) is 3.39. The Morgan fingerprint density at radius 1 is 1.14 bits per heavy atom. The summed E-state index contributed by atoms with van der Waals surface area (Å²) in [5, 5.41) is 4.34. The zero-order valence-electron chi connectivity index (χ0n) is 12.6. The van der Waals surface area contributed by atoms with Gasteiger partial charge in [-0.1, -0.05) is 41.1 Å². The molecule has 1 saturated heterocycles. The van der Waals surface area contributed by atoms with E-state index in [1.807, 2.05) is 18.3 Å². The summed E-state index contributed by atoms with van der Waals surface area (Å²) in [6, 6.07) is 14.6. The van der Waals surface area contributed by atoms with Gasteiger partial charge in [0.05, 0.1) is 17.3 Å². The summed E-state index contributed by atoms with van der Waals surface area (Å²) in [5.41, 5.74) is 4.64. The van der Waals surface area contributed by atoms with Gasteiger partial charge in [0.15, 0.2) is 0 Å². The molecule has 22 heavy (non-hydrogen) atoms. The first-order valence-electron chi connectivity index (χ1n) is 7.72. The second-order valence-corrected chi connectivity index (χ2v) is 6.11. The summed E-state index contributed by atoms with van der Waals surface area (Å²) in [6.07, 6.45) is 2.03. The third-order valence-electron chi connectivity index (χ3n) is 4.44. The number of aromatic nitrogens is 1. The van der Waals surface area contributed by atoms with Crippen molar-refractivity contribution in [1.29, 1.82) is 0 Å². The summed E-state index contributed by atoms with van der Waals surface area (Å²) >= 11 is 0. The largest absolute Gasteiger partial charge is 0.390 e. The van der Waals surface area contributed by atoms with E-state index in [1.165, 1.54) is 11.1 Å². The second-order valence-electron chi connectivity index (χ2n) is 6.11. The molecule has 4 heteroatoms. The summed E-state index contributed by atoms with van der Waals surface area (Å²) in [5.74, 6) is 0.367. The molecule has 2 atom stereocenters. The van der Waals surface area contributed by atoms with E-state index in [0.29, 0.717) is 5.92 Å². The molecular weight excluding hydrogens is 274 g/mol. The van der Waals surface area contributed by atoms with E-state index in [2.05, 4.69) is 52.3 Å². The smallest absolute Gasteiger partial charge is 0.149 e. The van der Waals surface area contributed by atoms with Crippen LogP contribution in [0.5, 0.6) is 0 Å². The molecule has 112 valence electrons.